The van der Waals surface area contributed by atoms with Gasteiger partial charge in [0, 0.05) is 18.6 Å². The van der Waals surface area contributed by atoms with E-state index in [0.717, 1.165) is 25.9 Å². The molecule has 130 valence electrons. The first-order valence-electron chi connectivity index (χ1n) is 9.05. The molecule has 0 amide bonds. The van der Waals surface area contributed by atoms with Crippen LogP contribution in [0.5, 0.6) is 0 Å². The molecule has 2 N–H and O–H groups in total. The van der Waals surface area contributed by atoms with E-state index >= 15 is 0 Å². The molecule has 1 heterocycles. The number of benzene rings is 1. The van der Waals surface area contributed by atoms with Crippen molar-refractivity contribution in [1.29, 1.82) is 0 Å². The number of carboxylic acid groups (broad SMARTS) is 1. The van der Waals surface area contributed by atoms with Gasteiger partial charge in [-0.1, -0.05) is 42.0 Å². The highest BCUT2D eigenvalue weighted by molar-refractivity contribution is 5.66. The van der Waals surface area contributed by atoms with Crippen molar-refractivity contribution >= 4 is 12.0 Å². The smallest absolute Gasteiger partial charge is 0.304 e. The minimum Gasteiger partial charge on any atom is -0.481 e. The van der Waals surface area contributed by atoms with Crippen LogP contribution in [0.1, 0.15) is 38.2 Å². The minimum atomic E-state index is -0.697. The number of aliphatic carboxylic acids is 1. The van der Waals surface area contributed by atoms with Crippen molar-refractivity contribution in [2.24, 2.45) is 5.92 Å². The highest BCUT2D eigenvalue weighted by Gasteiger charge is 2.39. The Bertz CT molecular complexity index is 577. The van der Waals surface area contributed by atoms with Crippen LogP contribution in [0.15, 0.2) is 35.9 Å². The molecule has 4 heteroatoms. The molecular weight excluding hydrogens is 300 g/mol. The molecular formula is C20H28N2O2. The lowest BCUT2D eigenvalue weighted by atomic mass is 10.0. The lowest BCUT2D eigenvalue weighted by Crippen LogP contribution is -2.44. The Morgan fingerprint density at radius 2 is 2.00 bits per heavy atom. The van der Waals surface area contributed by atoms with E-state index in [0.29, 0.717) is 24.5 Å². The maximum absolute atomic E-state index is 10.6. The molecule has 1 saturated heterocycles. The molecule has 1 aromatic carbocycles. The van der Waals surface area contributed by atoms with Crippen molar-refractivity contribution in [3.63, 3.8) is 0 Å². The van der Waals surface area contributed by atoms with Crippen LogP contribution in [-0.4, -0.2) is 47.7 Å². The molecule has 0 aromatic heterocycles. The van der Waals surface area contributed by atoms with Crippen LogP contribution < -0.4 is 5.32 Å². The molecule has 1 aliphatic heterocycles. The molecule has 1 aliphatic carbocycles. The molecule has 0 radical (unpaired) electrons. The average molecular weight is 328 g/mol. The predicted octanol–water partition coefficient (Wildman–Crippen LogP) is 3.01. The van der Waals surface area contributed by atoms with Crippen molar-refractivity contribution in [1.82, 2.24) is 10.2 Å². The number of carboxylic acids is 1. The van der Waals surface area contributed by atoms with Crippen LogP contribution >= 0.6 is 0 Å². The van der Waals surface area contributed by atoms with Gasteiger partial charge in [0.25, 0.3) is 0 Å². The highest BCUT2D eigenvalue weighted by Crippen LogP contribution is 2.38. The Labute approximate surface area is 144 Å². The van der Waals surface area contributed by atoms with Crippen molar-refractivity contribution in [3.05, 3.63) is 41.5 Å². The van der Waals surface area contributed by atoms with E-state index in [-0.39, 0.29) is 6.42 Å². The normalized spacial score (nSPS) is 25.6. The van der Waals surface area contributed by atoms with Crippen LogP contribution in [0.2, 0.25) is 0 Å². The highest BCUT2D eigenvalue weighted by atomic mass is 16.4. The Balaban J connectivity index is 1.40. The zero-order chi connectivity index (χ0) is 16.9. The first-order valence-corrected chi connectivity index (χ1v) is 9.05. The largest absolute Gasteiger partial charge is 0.481 e. The Hall–Kier alpha value is -1.65. The summed E-state index contributed by atoms with van der Waals surface area (Å²) >= 11 is 0. The van der Waals surface area contributed by atoms with Crippen LogP contribution in [0, 0.1) is 5.92 Å². The number of carbonyl (C=O) groups is 1. The molecule has 1 saturated carbocycles. The third-order valence-electron chi connectivity index (χ3n) is 5.25. The van der Waals surface area contributed by atoms with Crippen LogP contribution in [0.3, 0.4) is 0 Å². The zero-order valence-electron chi connectivity index (χ0n) is 14.4. The molecule has 4 nitrogen and oxygen atoms in total. The summed E-state index contributed by atoms with van der Waals surface area (Å²) in [6.45, 7) is 4.96. The van der Waals surface area contributed by atoms with Gasteiger partial charge in [-0.25, -0.2) is 0 Å². The van der Waals surface area contributed by atoms with Crippen molar-refractivity contribution in [3.8, 4) is 0 Å². The molecule has 0 bridgehead atoms. The molecule has 2 atom stereocenters. The van der Waals surface area contributed by atoms with E-state index in [1.165, 1.54) is 17.6 Å². The Morgan fingerprint density at radius 3 is 2.67 bits per heavy atom. The van der Waals surface area contributed by atoms with Gasteiger partial charge >= 0.3 is 5.97 Å². The van der Waals surface area contributed by atoms with Crippen LogP contribution in [-0.2, 0) is 4.79 Å². The van der Waals surface area contributed by atoms with Crippen molar-refractivity contribution in [2.75, 3.05) is 19.6 Å². The summed E-state index contributed by atoms with van der Waals surface area (Å²) in [6.07, 6.45) is 6.07. The molecule has 0 unspecified atom stereocenters. The fourth-order valence-corrected chi connectivity index (χ4v) is 3.68. The maximum Gasteiger partial charge on any atom is 0.304 e. The van der Waals surface area contributed by atoms with Crippen molar-refractivity contribution in [2.45, 2.75) is 44.7 Å². The standard InChI is InChI=1S/C20H28N2O2/c1-15(13-16-5-3-2-4-6-16)18-14-19(18)21-17-7-10-22(11-8-17)12-9-20(23)24/h2-6,13,17-19,21H,7-12,14H2,1H3,(H,23,24)/b15-13+/t18-,19+/m0/s1. The molecule has 3 rings (SSSR count). The quantitative estimate of drug-likeness (QED) is 0.808. The van der Waals surface area contributed by atoms with Gasteiger partial charge in [0.2, 0.25) is 0 Å². The summed E-state index contributed by atoms with van der Waals surface area (Å²) in [6, 6.07) is 11.7. The van der Waals surface area contributed by atoms with E-state index in [4.69, 9.17) is 5.11 Å². The summed E-state index contributed by atoms with van der Waals surface area (Å²) in [5, 5.41) is 12.6. The van der Waals surface area contributed by atoms with Gasteiger partial charge in [0.05, 0.1) is 6.42 Å². The van der Waals surface area contributed by atoms with Gasteiger partial charge in [-0.15, -0.1) is 0 Å². The summed E-state index contributed by atoms with van der Waals surface area (Å²) in [5.74, 6) is -0.0213. The van der Waals surface area contributed by atoms with Crippen LogP contribution in [0.4, 0.5) is 0 Å². The lowest BCUT2D eigenvalue weighted by molar-refractivity contribution is -0.137. The van der Waals surface area contributed by atoms with Gasteiger partial charge in [0.1, 0.15) is 0 Å². The van der Waals surface area contributed by atoms with E-state index < -0.39 is 5.97 Å². The first-order chi connectivity index (χ1) is 11.6. The second-order valence-electron chi connectivity index (χ2n) is 7.17. The monoisotopic (exact) mass is 328 g/mol. The number of nitrogens with one attached hydrogen (secondary N) is 1. The number of piperidine rings is 1. The predicted molar refractivity (Wildman–Crippen MR) is 96.8 cm³/mol. The number of hydrogen-bond donors (Lipinski definition) is 2. The molecule has 1 aromatic rings. The lowest BCUT2D eigenvalue weighted by Gasteiger charge is -2.32. The fraction of sp³-hybridized carbons (Fsp3) is 0.550. The van der Waals surface area contributed by atoms with Gasteiger partial charge in [-0.2, -0.15) is 0 Å². The third-order valence-corrected chi connectivity index (χ3v) is 5.25. The van der Waals surface area contributed by atoms with Gasteiger partial charge in [-0.05, 0) is 50.8 Å². The minimum absolute atomic E-state index is 0.256. The average Bonchev–Trinajstić information content (AvgIpc) is 3.34. The first kappa shape index (κ1) is 17.2. The maximum atomic E-state index is 10.6. The third kappa shape index (κ3) is 4.92. The number of rotatable bonds is 7. The van der Waals surface area contributed by atoms with Gasteiger partial charge in [0.15, 0.2) is 0 Å². The summed E-state index contributed by atoms with van der Waals surface area (Å²) in [4.78, 5) is 12.9. The van der Waals surface area contributed by atoms with E-state index in [1.54, 1.807) is 0 Å². The Morgan fingerprint density at radius 1 is 1.29 bits per heavy atom. The van der Waals surface area contributed by atoms with E-state index in [1.807, 2.05) is 0 Å². The van der Waals surface area contributed by atoms with Gasteiger partial charge in [-0.3, -0.25) is 4.79 Å². The summed E-state index contributed by atoms with van der Waals surface area (Å²) in [7, 11) is 0. The second-order valence-corrected chi connectivity index (χ2v) is 7.17. The molecule has 2 aliphatic rings. The number of likely N-dealkylation sites (tertiary alicyclic amines) is 1. The SMILES string of the molecule is C/C(=C\c1ccccc1)[C@@H]1C[C@H]1NC1CCN(CCC(=O)O)CC1. The zero-order valence-corrected chi connectivity index (χ0v) is 14.4. The molecule has 2 fully saturated rings. The van der Waals surface area contributed by atoms with E-state index in [9.17, 15) is 4.79 Å². The topological polar surface area (TPSA) is 52.6 Å². The Kier molecular flexibility index (Phi) is 5.69. The van der Waals surface area contributed by atoms with Crippen LogP contribution in [0.25, 0.3) is 6.08 Å². The second kappa shape index (κ2) is 7.95. The van der Waals surface area contributed by atoms with E-state index in [2.05, 4.69) is 53.5 Å². The fourth-order valence-electron chi connectivity index (χ4n) is 3.68. The van der Waals surface area contributed by atoms with Gasteiger partial charge < -0.3 is 15.3 Å². The molecule has 0 spiro atoms. The van der Waals surface area contributed by atoms with Crippen molar-refractivity contribution < 1.29 is 9.90 Å². The number of nitrogens with zero attached hydrogens (tertiary/aromatic N) is 1. The summed E-state index contributed by atoms with van der Waals surface area (Å²) in [5.41, 5.74) is 2.75. The molecule has 24 heavy (non-hydrogen) atoms. The number of hydrogen-bond acceptors (Lipinski definition) is 3. The summed E-state index contributed by atoms with van der Waals surface area (Å²) < 4.78 is 0.